The third kappa shape index (κ3) is 4.17. The maximum absolute atomic E-state index is 2.45. The molecule has 3 rings (SSSR count). The van der Waals surface area contributed by atoms with Crippen LogP contribution in [-0.2, 0) is 6.42 Å². The Morgan fingerprint density at radius 3 is 2.46 bits per heavy atom. The fourth-order valence-corrected chi connectivity index (χ4v) is 5.84. The minimum Gasteiger partial charge on any atom is -0.112 e. The Hall–Kier alpha value is -1.38. The van der Waals surface area contributed by atoms with Gasteiger partial charge in [-0.1, -0.05) is 61.2 Å². The number of thiophene rings is 1. The minimum atomic E-state index is 0.164. The van der Waals surface area contributed by atoms with Crippen LogP contribution in [0.1, 0.15) is 60.9 Å². The number of benzene rings is 1. The number of hydrogen-bond acceptors (Lipinski definition) is 1. The van der Waals surface area contributed by atoms with Crippen LogP contribution in [0, 0.1) is 0 Å². The molecule has 0 saturated heterocycles. The number of hydrogen-bond donors (Lipinski definition) is 0. The SMILES string of the molecule is CC(=Cc1ccccc1)Cc1c(C2CCCCC2)cc[s+]1N(C)C. The van der Waals surface area contributed by atoms with Crippen molar-refractivity contribution in [3.05, 3.63) is 63.4 Å². The molecule has 1 saturated carbocycles. The standard InChI is InChI=1S/C22H30NS/c1-18(16-19-10-6-4-7-11-19)17-22-21(14-15-24(22)23(2)3)20-12-8-5-9-13-20/h4,6-7,10-11,14-16,20H,5,8-9,12-13,17H2,1-3H3/q+1. The average molecular weight is 341 g/mol. The van der Waals surface area contributed by atoms with Crippen LogP contribution < -0.4 is 4.31 Å². The van der Waals surface area contributed by atoms with Crippen molar-refractivity contribution < 1.29 is 0 Å². The molecule has 0 amide bonds. The smallest absolute Gasteiger partial charge is 0.112 e. The van der Waals surface area contributed by atoms with E-state index in [-0.39, 0.29) is 10.7 Å². The fraction of sp³-hybridized carbons (Fsp3) is 0.455. The van der Waals surface area contributed by atoms with Gasteiger partial charge in [-0.3, -0.25) is 0 Å². The second kappa shape index (κ2) is 8.13. The van der Waals surface area contributed by atoms with Crippen LogP contribution in [0.3, 0.4) is 0 Å². The second-order valence-electron chi connectivity index (χ2n) is 7.22. The minimum absolute atomic E-state index is 0.164. The van der Waals surface area contributed by atoms with Crippen LogP contribution in [0.15, 0.2) is 47.4 Å². The first-order valence-corrected chi connectivity index (χ1v) is 10.4. The van der Waals surface area contributed by atoms with E-state index < -0.39 is 0 Å². The predicted octanol–water partition coefficient (Wildman–Crippen LogP) is 6.33. The lowest BCUT2D eigenvalue weighted by Gasteiger charge is -2.21. The maximum atomic E-state index is 2.45. The Bertz CT molecular complexity index is 675. The third-order valence-electron chi connectivity index (χ3n) is 5.04. The molecule has 1 nitrogen and oxygen atoms in total. The van der Waals surface area contributed by atoms with Gasteiger partial charge in [0.15, 0.2) is 10.3 Å². The highest BCUT2D eigenvalue weighted by Gasteiger charge is 2.28. The summed E-state index contributed by atoms with van der Waals surface area (Å²) in [5.41, 5.74) is 4.44. The van der Waals surface area contributed by atoms with E-state index in [2.05, 4.69) is 73.2 Å². The average Bonchev–Trinajstić information content (AvgIpc) is 3.00. The third-order valence-corrected chi connectivity index (χ3v) is 7.11. The Labute approximate surface area is 150 Å². The summed E-state index contributed by atoms with van der Waals surface area (Å²) in [6.45, 7) is 2.29. The summed E-state index contributed by atoms with van der Waals surface area (Å²) in [6.07, 6.45) is 10.5. The molecular formula is C22H30NS+. The Balaban J connectivity index is 1.87. The molecule has 1 aliphatic rings. The molecule has 0 N–H and O–H groups in total. The molecule has 1 unspecified atom stereocenters. The van der Waals surface area contributed by atoms with Gasteiger partial charge in [0.1, 0.15) is 0 Å². The van der Waals surface area contributed by atoms with Gasteiger partial charge >= 0.3 is 0 Å². The molecule has 1 aromatic heterocycles. The van der Waals surface area contributed by atoms with Crippen molar-refractivity contribution in [3.63, 3.8) is 0 Å². The normalized spacial score (nSPS) is 17.5. The highest BCUT2D eigenvalue weighted by atomic mass is 32.2. The summed E-state index contributed by atoms with van der Waals surface area (Å²) in [7, 11) is 4.60. The lowest BCUT2D eigenvalue weighted by molar-refractivity contribution is 0.443. The first kappa shape index (κ1) is 17.4. The van der Waals surface area contributed by atoms with Gasteiger partial charge in [-0.05, 0) is 31.2 Å². The number of nitrogens with zero attached hydrogens (tertiary/aromatic N) is 1. The van der Waals surface area contributed by atoms with Crippen LogP contribution in [0.5, 0.6) is 0 Å². The van der Waals surface area contributed by atoms with Crippen LogP contribution in [-0.4, -0.2) is 14.1 Å². The van der Waals surface area contributed by atoms with E-state index in [4.69, 9.17) is 0 Å². The van der Waals surface area contributed by atoms with E-state index in [1.165, 1.54) is 43.2 Å². The predicted molar refractivity (Wildman–Crippen MR) is 109 cm³/mol. The molecule has 1 heterocycles. The first-order valence-electron chi connectivity index (χ1n) is 9.19. The van der Waals surface area contributed by atoms with Gasteiger partial charge in [0.05, 0.1) is 10.7 Å². The van der Waals surface area contributed by atoms with Crippen molar-refractivity contribution in [2.45, 2.75) is 51.4 Å². The zero-order valence-corrected chi connectivity index (χ0v) is 16.1. The van der Waals surface area contributed by atoms with Crippen molar-refractivity contribution in [3.8, 4) is 0 Å². The molecule has 0 radical (unpaired) electrons. The molecule has 0 aliphatic heterocycles. The monoisotopic (exact) mass is 340 g/mol. The van der Waals surface area contributed by atoms with E-state index >= 15 is 0 Å². The van der Waals surface area contributed by atoms with Crippen molar-refractivity contribution in [1.29, 1.82) is 0 Å². The first-order chi connectivity index (χ1) is 11.6. The van der Waals surface area contributed by atoms with Gasteiger partial charge in [-0.2, -0.15) is 0 Å². The molecule has 1 aliphatic carbocycles. The molecular weight excluding hydrogens is 310 g/mol. The van der Waals surface area contributed by atoms with Crippen molar-refractivity contribution in [1.82, 2.24) is 0 Å². The highest BCUT2D eigenvalue weighted by Crippen LogP contribution is 2.41. The van der Waals surface area contributed by atoms with Gasteiger partial charge in [0, 0.05) is 32.1 Å². The van der Waals surface area contributed by atoms with Crippen molar-refractivity contribution in [2.24, 2.45) is 0 Å². The zero-order valence-electron chi connectivity index (χ0n) is 15.3. The Kier molecular flexibility index (Phi) is 5.91. The number of rotatable bonds is 5. The molecule has 2 aromatic rings. The molecule has 128 valence electrons. The van der Waals surface area contributed by atoms with E-state index in [0.717, 1.165) is 12.3 Å². The largest absolute Gasteiger partial charge is 0.179 e. The summed E-state index contributed by atoms with van der Waals surface area (Å²) >= 11 is 0. The summed E-state index contributed by atoms with van der Waals surface area (Å²) in [5, 5.41) is 2.44. The highest BCUT2D eigenvalue weighted by molar-refractivity contribution is 7.32. The summed E-state index contributed by atoms with van der Waals surface area (Å²) < 4.78 is 2.39. The summed E-state index contributed by atoms with van der Waals surface area (Å²) in [4.78, 5) is 1.66. The lowest BCUT2D eigenvalue weighted by atomic mass is 9.84. The molecule has 1 atom stereocenters. The van der Waals surface area contributed by atoms with Crippen LogP contribution in [0.2, 0.25) is 0 Å². The van der Waals surface area contributed by atoms with Crippen LogP contribution >= 0.6 is 10.7 Å². The maximum Gasteiger partial charge on any atom is 0.179 e. The van der Waals surface area contributed by atoms with Crippen LogP contribution in [0.25, 0.3) is 6.08 Å². The van der Waals surface area contributed by atoms with Crippen molar-refractivity contribution in [2.75, 3.05) is 18.4 Å². The zero-order chi connectivity index (χ0) is 16.9. The van der Waals surface area contributed by atoms with Gasteiger partial charge < -0.3 is 0 Å². The molecule has 2 heteroatoms. The van der Waals surface area contributed by atoms with E-state index in [1.54, 1.807) is 10.4 Å². The van der Waals surface area contributed by atoms with E-state index in [1.807, 2.05) is 0 Å². The summed E-state index contributed by atoms with van der Waals surface area (Å²) in [5.74, 6) is 0.798. The summed E-state index contributed by atoms with van der Waals surface area (Å²) in [6, 6.07) is 13.2. The molecule has 24 heavy (non-hydrogen) atoms. The van der Waals surface area contributed by atoms with Gasteiger partial charge in [-0.25, -0.2) is 0 Å². The quantitative estimate of drug-likeness (QED) is 0.575. The topological polar surface area (TPSA) is 3.24 Å². The van der Waals surface area contributed by atoms with Gasteiger partial charge in [-0.15, -0.1) is 4.31 Å². The molecule has 0 bridgehead atoms. The molecule has 1 aromatic carbocycles. The van der Waals surface area contributed by atoms with Gasteiger partial charge in [0.25, 0.3) is 0 Å². The fourth-order valence-electron chi connectivity index (χ4n) is 3.87. The molecule has 0 spiro atoms. The van der Waals surface area contributed by atoms with Gasteiger partial charge in [0.2, 0.25) is 0 Å². The molecule has 1 fully saturated rings. The second-order valence-corrected chi connectivity index (χ2v) is 9.35. The van der Waals surface area contributed by atoms with E-state index in [9.17, 15) is 0 Å². The Morgan fingerprint density at radius 2 is 1.79 bits per heavy atom. The van der Waals surface area contributed by atoms with Crippen LogP contribution in [0.4, 0.5) is 0 Å². The van der Waals surface area contributed by atoms with E-state index in [0.29, 0.717) is 0 Å². The lowest BCUT2D eigenvalue weighted by Crippen LogP contribution is -2.10. The van der Waals surface area contributed by atoms with Crippen molar-refractivity contribution >= 4 is 16.7 Å². The number of allylic oxidation sites excluding steroid dienone is 1. The Morgan fingerprint density at radius 1 is 1.08 bits per heavy atom.